The zero-order chi connectivity index (χ0) is 13.6. The fourth-order valence-corrected chi connectivity index (χ4v) is 2.37. The maximum Gasteiger partial charge on any atom is 0.245 e. The van der Waals surface area contributed by atoms with Crippen molar-refractivity contribution in [1.29, 1.82) is 0 Å². The number of carbonyl (C=O) groups excluding carboxylic acids is 2. The highest BCUT2D eigenvalue weighted by molar-refractivity contribution is 5.92. The summed E-state index contributed by atoms with van der Waals surface area (Å²) in [6, 6.07) is 0. The van der Waals surface area contributed by atoms with Gasteiger partial charge in [-0.2, -0.15) is 0 Å². The predicted octanol–water partition coefficient (Wildman–Crippen LogP) is 1.86. The highest BCUT2D eigenvalue weighted by Crippen LogP contribution is 2.28. The standard InChI is InChI=1S/C14H24N2O2/c1-4-6-10-15-13(18)14(3)9-7-8-12(17)16(14)11-5-2/h5H,2,4,6-11H2,1,3H3,(H,15,18). The molecule has 1 aliphatic heterocycles. The van der Waals surface area contributed by atoms with Crippen LogP contribution in [0.25, 0.3) is 0 Å². The Hall–Kier alpha value is -1.32. The van der Waals surface area contributed by atoms with E-state index in [0.717, 1.165) is 25.7 Å². The van der Waals surface area contributed by atoms with E-state index in [-0.39, 0.29) is 11.8 Å². The zero-order valence-electron chi connectivity index (χ0n) is 11.5. The summed E-state index contributed by atoms with van der Waals surface area (Å²) in [5.74, 6) is 0.0140. The number of hydrogen-bond donors (Lipinski definition) is 1. The van der Waals surface area contributed by atoms with E-state index in [1.54, 1.807) is 11.0 Å². The smallest absolute Gasteiger partial charge is 0.245 e. The molecule has 102 valence electrons. The van der Waals surface area contributed by atoms with E-state index in [9.17, 15) is 9.59 Å². The molecule has 0 aromatic heterocycles. The van der Waals surface area contributed by atoms with Crippen LogP contribution < -0.4 is 5.32 Å². The number of amides is 2. The Labute approximate surface area is 109 Å². The predicted molar refractivity (Wildman–Crippen MR) is 72.1 cm³/mol. The van der Waals surface area contributed by atoms with E-state index < -0.39 is 5.54 Å². The first-order valence-corrected chi connectivity index (χ1v) is 6.76. The van der Waals surface area contributed by atoms with Gasteiger partial charge in [0.05, 0.1) is 0 Å². The van der Waals surface area contributed by atoms with Gasteiger partial charge in [0, 0.05) is 19.5 Å². The molecule has 1 rings (SSSR count). The number of rotatable bonds is 6. The molecule has 0 aromatic rings. The molecule has 0 spiro atoms. The molecule has 0 bridgehead atoms. The monoisotopic (exact) mass is 252 g/mol. The lowest BCUT2D eigenvalue weighted by Crippen LogP contribution is -2.61. The van der Waals surface area contributed by atoms with E-state index in [1.807, 2.05) is 6.92 Å². The summed E-state index contributed by atoms with van der Waals surface area (Å²) in [7, 11) is 0. The topological polar surface area (TPSA) is 49.4 Å². The minimum atomic E-state index is -0.711. The molecule has 4 nitrogen and oxygen atoms in total. The van der Waals surface area contributed by atoms with Crippen LogP contribution in [0, 0.1) is 0 Å². The Morgan fingerprint density at radius 2 is 2.33 bits per heavy atom. The summed E-state index contributed by atoms with van der Waals surface area (Å²) >= 11 is 0. The van der Waals surface area contributed by atoms with Crippen molar-refractivity contribution in [3.63, 3.8) is 0 Å². The molecule has 1 unspecified atom stereocenters. The lowest BCUT2D eigenvalue weighted by atomic mass is 9.87. The fraction of sp³-hybridized carbons (Fsp3) is 0.714. The maximum absolute atomic E-state index is 12.3. The number of nitrogens with zero attached hydrogens (tertiary/aromatic N) is 1. The normalized spacial score (nSPS) is 23.9. The van der Waals surface area contributed by atoms with Crippen molar-refractivity contribution in [2.45, 2.75) is 51.5 Å². The van der Waals surface area contributed by atoms with Gasteiger partial charge in [-0.1, -0.05) is 19.4 Å². The molecule has 0 aliphatic carbocycles. The SMILES string of the molecule is C=CCN1C(=O)CCCC1(C)C(=O)NCCCC. The third-order valence-electron chi connectivity index (χ3n) is 3.57. The number of unbranched alkanes of at least 4 members (excludes halogenated alkanes) is 1. The second-order valence-electron chi connectivity index (χ2n) is 5.03. The highest BCUT2D eigenvalue weighted by Gasteiger charge is 2.43. The van der Waals surface area contributed by atoms with E-state index >= 15 is 0 Å². The molecule has 0 radical (unpaired) electrons. The van der Waals surface area contributed by atoms with Crippen molar-refractivity contribution in [3.05, 3.63) is 12.7 Å². The maximum atomic E-state index is 12.3. The minimum absolute atomic E-state index is 0.0362. The first-order valence-electron chi connectivity index (χ1n) is 6.76. The summed E-state index contributed by atoms with van der Waals surface area (Å²) < 4.78 is 0. The first-order chi connectivity index (χ1) is 8.56. The van der Waals surface area contributed by atoms with Crippen LogP contribution in [0.15, 0.2) is 12.7 Å². The van der Waals surface area contributed by atoms with E-state index in [1.165, 1.54) is 0 Å². The van der Waals surface area contributed by atoms with Gasteiger partial charge in [-0.25, -0.2) is 0 Å². The summed E-state index contributed by atoms with van der Waals surface area (Å²) in [5.41, 5.74) is -0.711. The highest BCUT2D eigenvalue weighted by atomic mass is 16.2. The number of piperidine rings is 1. The minimum Gasteiger partial charge on any atom is -0.354 e. The molecule has 1 fully saturated rings. The van der Waals surface area contributed by atoms with Crippen LogP contribution in [0.4, 0.5) is 0 Å². The van der Waals surface area contributed by atoms with Crippen LogP contribution in [0.1, 0.15) is 46.0 Å². The lowest BCUT2D eigenvalue weighted by molar-refractivity contribution is -0.150. The molecular formula is C14H24N2O2. The summed E-state index contributed by atoms with van der Waals surface area (Å²) in [6.07, 6.45) is 5.74. The van der Waals surface area contributed by atoms with Gasteiger partial charge < -0.3 is 10.2 Å². The Balaban J connectivity index is 2.75. The van der Waals surface area contributed by atoms with Crippen LogP contribution in [-0.2, 0) is 9.59 Å². The van der Waals surface area contributed by atoms with Gasteiger partial charge in [-0.05, 0) is 26.2 Å². The average Bonchev–Trinajstić information content (AvgIpc) is 2.34. The van der Waals surface area contributed by atoms with Gasteiger partial charge >= 0.3 is 0 Å². The van der Waals surface area contributed by atoms with Crippen molar-refractivity contribution in [1.82, 2.24) is 10.2 Å². The Morgan fingerprint density at radius 3 is 2.94 bits per heavy atom. The van der Waals surface area contributed by atoms with Crippen LogP contribution >= 0.6 is 0 Å². The molecule has 0 saturated carbocycles. The van der Waals surface area contributed by atoms with Crippen molar-refractivity contribution in [2.75, 3.05) is 13.1 Å². The van der Waals surface area contributed by atoms with E-state index in [2.05, 4.69) is 18.8 Å². The lowest BCUT2D eigenvalue weighted by Gasteiger charge is -2.43. The molecule has 1 N–H and O–H groups in total. The molecule has 18 heavy (non-hydrogen) atoms. The second-order valence-corrected chi connectivity index (χ2v) is 5.03. The fourth-order valence-electron chi connectivity index (χ4n) is 2.37. The van der Waals surface area contributed by atoms with Crippen LogP contribution in [0.3, 0.4) is 0 Å². The molecule has 1 aliphatic rings. The quantitative estimate of drug-likeness (QED) is 0.579. The third kappa shape index (κ3) is 3.12. The zero-order valence-corrected chi connectivity index (χ0v) is 11.5. The number of likely N-dealkylation sites (tertiary alicyclic amines) is 1. The summed E-state index contributed by atoms with van der Waals surface area (Å²) in [4.78, 5) is 25.9. The van der Waals surface area contributed by atoms with Crippen molar-refractivity contribution in [2.24, 2.45) is 0 Å². The van der Waals surface area contributed by atoms with Crippen molar-refractivity contribution < 1.29 is 9.59 Å². The molecule has 1 atom stereocenters. The van der Waals surface area contributed by atoms with Gasteiger partial charge in [-0.3, -0.25) is 9.59 Å². The number of carbonyl (C=O) groups is 2. The summed E-state index contributed by atoms with van der Waals surface area (Å²) in [5, 5.41) is 2.94. The Kier molecular flexibility index (Phi) is 5.38. The molecule has 1 saturated heterocycles. The van der Waals surface area contributed by atoms with Crippen LogP contribution in [0.2, 0.25) is 0 Å². The van der Waals surface area contributed by atoms with Gasteiger partial charge in [0.25, 0.3) is 0 Å². The third-order valence-corrected chi connectivity index (χ3v) is 3.57. The molecule has 4 heteroatoms. The van der Waals surface area contributed by atoms with E-state index in [0.29, 0.717) is 19.5 Å². The van der Waals surface area contributed by atoms with Gasteiger partial charge in [0.1, 0.15) is 5.54 Å². The average molecular weight is 252 g/mol. The second kappa shape index (κ2) is 6.57. The van der Waals surface area contributed by atoms with Crippen molar-refractivity contribution in [3.8, 4) is 0 Å². The Morgan fingerprint density at radius 1 is 1.61 bits per heavy atom. The van der Waals surface area contributed by atoms with Gasteiger partial charge in [0.15, 0.2) is 0 Å². The first kappa shape index (κ1) is 14.7. The van der Waals surface area contributed by atoms with Crippen molar-refractivity contribution >= 4 is 11.8 Å². The molecule has 2 amide bonds. The largest absolute Gasteiger partial charge is 0.354 e. The molecular weight excluding hydrogens is 228 g/mol. The number of nitrogens with one attached hydrogen (secondary N) is 1. The van der Waals surface area contributed by atoms with Gasteiger partial charge in [0.2, 0.25) is 11.8 Å². The Bertz CT molecular complexity index is 328. The van der Waals surface area contributed by atoms with Crippen LogP contribution in [-0.4, -0.2) is 35.3 Å². The summed E-state index contributed by atoms with van der Waals surface area (Å²) in [6.45, 7) is 8.73. The van der Waals surface area contributed by atoms with E-state index in [4.69, 9.17) is 0 Å². The number of hydrogen-bond acceptors (Lipinski definition) is 2. The molecule has 0 aromatic carbocycles. The van der Waals surface area contributed by atoms with Crippen LogP contribution in [0.5, 0.6) is 0 Å². The molecule has 1 heterocycles. The van der Waals surface area contributed by atoms with Gasteiger partial charge in [-0.15, -0.1) is 6.58 Å².